The smallest absolute Gasteiger partial charge is 0.278 e. The third kappa shape index (κ3) is 4.19. The molecule has 1 aliphatic heterocycles. The minimum atomic E-state index is -0.335. The number of nitrogens with zero attached hydrogens (tertiary/aromatic N) is 1. The van der Waals surface area contributed by atoms with Crippen LogP contribution < -0.4 is 5.32 Å². The van der Waals surface area contributed by atoms with E-state index in [1.54, 1.807) is 12.1 Å². The Balaban J connectivity index is 1.77. The van der Waals surface area contributed by atoms with Crippen LogP contribution in [0.5, 0.6) is 0 Å². The Morgan fingerprint density at radius 2 is 1.50 bits per heavy atom. The Bertz CT molecular complexity index is 1260. The first kappa shape index (κ1) is 21.8. The Morgan fingerprint density at radius 1 is 0.781 bits per heavy atom. The van der Waals surface area contributed by atoms with Gasteiger partial charge in [-0.15, -0.1) is 0 Å². The molecule has 0 aliphatic carbocycles. The van der Waals surface area contributed by atoms with Crippen molar-refractivity contribution in [3.63, 3.8) is 0 Å². The Kier molecular flexibility index (Phi) is 5.90. The maximum Gasteiger partial charge on any atom is 0.278 e. The highest BCUT2D eigenvalue weighted by Crippen LogP contribution is 2.33. The number of benzene rings is 3. The van der Waals surface area contributed by atoms with Crippen LogP contribution in [0, 0.1) is 27.7 Å². The van der Waals surface area contributed by atoms with Crippen LogP contribution in [-0.4, -0.2) is 16.7 Å². The first-order valence-corrected chi connectivity index (χ1v) is 10.9. The van der Waals surface area contributed by atoms with Crippen LogP contribution in [-0.2, 0) is 16.1 Å². The fraction of sp³-hybridized carbons (Fsp3) is 0.185. The van der Waals surface area contributed by atoms with Crippen LogP contribution >= 0.6 is 11.6 Å². The summed E-state index contributed by atoms with van der Waals surface area (Å²) in [6.45, 7) is 8.22. The number of nitrogens with one attached hydrogen (secondary N) is 1. The van der Waals surface area contributed by atoms with E-state index in [1.807, 2.05) is 76.2 Å². The fourth-order valence-electron chi connectivity index (χ4n) is 3.86. The molecule has 3 aromatic carbocycles. The highest BCUT2D eigenvalue weighted by molar-refractivity contribution is 6.36. The number of amides is 2. The van der Waals surface area contributed by atoms with Crippen molar-refractivity contribution in [2.45, 2.75) is 34.2 Å². The molecule has 0 unspecified atom stereocenters. The second-order valence-corrected chi connectivity index (χ2v) is 8.75. The standard InChI is InChI=1S/C27H25ClN2O2/c1-16-5-12-23(19(4)13-16)29-25-24(21-9-6-17(2)18(3)14-21)26(31)30(27(25)32)15-20-7-10-22(28)11-8-20/h5-14,29H,15H2,1-4H3. The number of hydrogen-bond acceptors (Lipinski definition) is 3. The monoisotopic (exact) mass is 444 g/mol. The Hall–Kier alpha value is -3.37. The summed E-state index contributed by atoms with van der Waals surface area (Å²) in [6, 6.07) is 19.0. The van der Waals surface area contributed by atoms with Gasteiger partial charge in [-0.2, -0.15) is 0 Å². The van der Waals surface area contributed by atoms with Crippen molar-refractivity contribution in [1.29, 1.82) is 0 Å². The molecule has 0 radical (unpaired) electrons. The molecule has 32 heavy (non-hydrogen) atoms. The first-order valence-electron chi connectivity index (χ1n) is 10.5. The molecule has 1 heterocycles. The molecule has 1 aliphatic rings. The van der Waals surface area contributed by atoms with Crippen LogP contribution in [0.1, 0.15) is 33.4 Å². The van der Waals surface area contributed by atoms with Crippen LogP contribution in [0.4, 0.5) is 5.69 Å². The lowest BCUT2D eigenvalue weighted by atomic mass is 9.99. The van der Waals surface area contributed by atoms with E-state index in [0.717, 1.165) is 39.1 Å². The van der Waals surface area contributed by atoms with Crippen molar-refractivity contribution in [3.05, 3.63) is 105 Å². The van der Waals surface area contributed by atoms with Gasteiger partial charge in [0.05, 0.1) is 12.1 Å². The number of anilines is 1. The lowest BCUT2D eigenvalue weighted by Gasteiger charge is -2.16. The molecule has 5 heteroatoms. The van der Waals surface area contributed by atoms with Crippen molar-refractivity contribution in [1.82, 2.24) is 4.90 Å². The van der Waals surface area contributed by atoms with Crippen LogP contribution in [0.25, 0.3) is 5.57 Å². The molecule has 0 atom stereocenters. The van der Waals surface area contributed by atoms with Gasteiger partial charge < -0.3 is 5.32 Å². The lowest BCUT2D eigenvalue weighted by molar-refractivity contribution is -0.137. The average molecular weight is 445 g/mol. The molecule has 4 rings (SSSR count). The molecule has 0 saturated heterocycles. The molecule has 0 bridgehead atoms. The molecular formula is C27H25ClN2O2. The van der Waals surface area contributed by atoms with Crippen molar-refractivity contribution in [2.24, 2.45) is 0 Å². The molecule has 3 aromatic rings. The van der Waals surface area contributed by atoms with Crippen LogP contribution in [0.2, 0.25) is 5.02 Å². The normalized spacial score (nSPS) is 13.8. The highest BCUT2D eigenvalue weighted by atomic mass is 35.5. The minimum absolute atomic E-state index is 0.182. The van der Waals surface area contributed by atoms with Gasteiger partial charge in [-0.1, -0.05) is 59.6 Å². The van der Waals surface area contributed by atoms with Gasteiger partial charge in [0, 0.05) is 10.7 Å². The van der Waals surface area contributed by atoms with Gasteiger partial charge in [0.15, 0.2) is 0 Å². The van der Waals surface area contributed by atoms with E-state index in [1.165, 1.54) is 4.90 Å². The summed E-state index contributed by atoms with van der Waals surface area (Å²) >= 11 is 5.99. The maximum absolute atomic E-state index is 13.5. The van der Waals surface area contributed by atoms with Gasteiger partial charge in [-0.05, 0) is 73.7 Å². The van der Waals surface area contributed by atoms with E-state index in [2.05, 4.69) is 5.32 Å². The van der Waals surface area contributed by atoms with Gasteiger partial charge in [-0.25, -0.2) is 0 Å². The number of aryl methyl sites for hydroxylation is 4. The van der Waals surface area contributed by atoms with E-state index >= 15 is 0 Å². The number of halogens is 1. The van der Waals surface area contributed by atoms with E-state index in [4.69, 9.17) is 11.6 Å². The third-order valence-electron chi connectivity index (χ3n) is 5.86. The van der Waals surface area contributed by atoms with Gasteiger partial charge in [0.25, 0.3) is 11.8 Å². The minimum Gasteiger partial charge on any atom is -0.350 e. The third-order valence-corrected chi connectivity index (χ3v) is 6.11. The number of hydrogen-bond donors (Lipinski definition) is 1. The average Bonchev–Trinajstić information content (AvgIpc) is 2.98. The zero-order chi connectivity index (χ0) is 23.0. The lowest BCUT2D eigenvalue weighted by Crippen LogP contribution is -2.32. The van der Waals surface area contributed by atoms with E-state index < -0.39 is 0 Å². The van der Waals surface area contributed by atoms with E-state index in [9.17, 15) is 9.59 Å². The van der Waals surface area contributed by atoms with E-state index in [0.29, 0.717) is 16.3 Å². The summed E-state index contributed by atoms with van der Waals surface area (Å²) in [5.74, 6) is -0.640. The Morgan fingerprint density at radius 3 is 2.16 bits per heavy atom. The van der Waals surface area contributed by atoms with Gasteiger partial charge in [0.1, 0.15) is 5.70 Å². The number of carbonyl (C=O) groups excluding carboxylic acids is 2. The molecule has 4 nitrogen and oxygen atoms in total. The summed E-state index contributed by atoms with van der Waals surface area (Å²) in [6.07, 6.45) is 0. The van der Waals surface area contributed by atoms with E-state index in [-0.39, 0.29) is 18.4 Å². The second kappa shape index (κ2) is 8.64. The SMILES string of the molecule is Cc1ccc(NC2=C(c3ccc(C)c(C)c3)C(=O)N(Cc3ccc(Cl)cc3)C2=O)c(C)c1. The molecule has 0 aromatic heterocycles. The van der Waals surface area contributed by atoms with Crippen molar-refractivity contribution >= 4 is 34.7 Å². The quantitative estimate of drug-likeness (QED) is 0.493. The molecule has 2 amide bonds. The van der Waals surface area contributed by atoms with Crippen LogP contribution in [0.15, 0.2) is 66.4 Å². The largest absolute Gasteiger partial charge is 0.350 e. The zero-order valence-electron chi connectivity index (χ0n) is 18.6. The topological polar surface area (TPSA) is 49.4 Å². The molecular weight excluding hydrogens is 420 g/mol. The molecule has 0 fully saturated rings. The summed E-state index contributed by atoms with van der Waals surface area (Å²) in [5.41, 5.74) is 7.42. The summed E-state index contributed by atoms with van der Waals surface area (Å²) in [5, 5.41) is 3.88. The van der Waals surface area contributed by atoms with Gasteiger partial charge >= 0.3 is 0 Å². The summed E-state index contributed by atoms with van der Waals surface area (Å²) in [4.78, 5) is 28.3. The predicted molar refractivity (Wildman–Crippen MR) is 129 cm³/mol. The zero-order valence-corrected chi connectivity index (χ0v) is 19.4. The molecule has 0 saturated carbocycles. The molecule has 1 N–H and O–H groups in total. The highest BCUT2D eigenvalue weighted by Gasteiger charge is 2.39. The maximum atomic E-state index is 13.5. The van der Waals surface area contributed by atoms with Crippen LogP contribution in [0.3, 0.4) is 0 Å². The summed E-state index contributed by atoms with van der Waals surface area (Å²) < 4.78 is 0. The molecule has 0 spiro atoms. The van der Waals surface area contributed by atoms with Gasteiger partial charge in [-0.3, -0.25) is 14.5 Å². The van der Waals surface area contributed by atoms with Crippen molar-refractivity contribution in [2.75, 3.05) is 5.32 Å². The fourth-order valence-corrected chi connectivity index (χ4v) is 3.99. The summed E-state index contributed by atoms with van der Waals surface area (Å²) in [7, 11) is 0. The predicted octanol–water partition coefficient (Wildman–Crippen LogP) is 5.97. The second-order valence-electron chi connectivity index (χ2n) is 8.32. The number of carbonyl (C=O) groups is 2. The van der Waals surface area contributed by atoms with Crippen molar-refractivity contribution in [3.8, 4) is 0 Å². The number of rotatable bonds is 5. The number of imide groups is 1. The molecule has 162 valence electrons. The van der Waals surface area contributed by atoms with Crippen molar-refractivity contribution < 1.29 is 9.59 Å². The van der Waals surface area contributed by atoms with Gasteiger partial charge in [0.2, 0.25) is 0 Å². The Labute approximate surface area is 193 Å². The first-order chi connectivity index (χ1) is 15.2.